The third-order valence-corrected chi connectivity index (χ3v) is 5.33. The topological polar surface area (TPSA) is 29.1 Å². The van der Waals surface area contributed by atoms with Crippen LogP contribution in [0.3, 0.4) is 0 Å². The lowest BCUT2D eigenvalue weighted by Crippen LogP contribution is -2.39. The second kappa shape index (κ2) is 6.79. The summed E-state index contributed by atoms with van der Waals surface area (Å²) < 4.78 is 0. The van der Waals surface area contributed by atoms with Crippen LogP contribution in [0.5, 0.6) is 0 Å². The predicted molar refractivity (Wildman–Crippen MR) is 75.7 cm³/mol. The summed E-state index contributed by atoms with van der Waals surface area (Å²) in [6.45, 7) is 2.80. The van der Waals surface area contributed by atoms with E-state index in [1.807, 2.05) is 0 Å². The molecular formula is C15H26ClNO. The van der Waals surface area contributed by atoms with Gasteiger partial charge >= 0.3 is 0 Å². The van der Waals surface area contributed by atoms with Crippen LogP contribution in [0.1, 0.15) is 51.9 Å². The van der Waals surface area contributed by atoms with Crippen LogP contribution in [0.4, 0.5) is 0 Å². The summed E-state index contributed by atoms with van der Waals surface area (Å²) in [5, 5.41) is 3.08. The fourth-order valence-electron chi connectivity index (χ4n) is 3.59. The first-order chi connectivity index (χ1) is 8.70. The molecule has 0 aromatic rings. The zero-order chi connectivity index (χ0) is 13.0. The van der Waals surface area contributed by atoms with Gasteiger partial charge in [-0.25, -0.2) is 0 Å². The first kappa shape index (κ1) is 14.2. The van der Waals surface area contributed by atoms with Crippen molar-refractivity contribution in [3.05, 3.63) is 0 Å². The SMILES string of the molecule is CC(CCl)CNC(=O)C1CCC2CCCCC2C1. The number of nitrogens with one attached hydrogen (secondary N) is 1. The fourth-order valence-corrected chi connectivity index (χ4v) is 3.69. The van der Waals surface area contributed by atoms with Gasteiger partial charge in [-0.2, -0.15) is 0 Å². The number of rotatable bonds is 4. The highest BCUT2D eigenvalue weighted by Crippen LogP contribution is 2.42. The number of hydrogen-bond donors (Lipinski definition) is 1. The van der Waals surface area contributed by atoms with Crippen LogP contribution in [-0.4, -0.2) is 18.3 Å². The fraction of sp³-hybridized carbons (Fsp3) is 0.933. The first-order valence-electron chi connectivity index (χ1n) is 7.54. The van der Waals surface area contributed by atoms with Gasteiger partial charge in [-0.05, 0) is 37.0 Å². The molecule has 18 heavy (non-hydrogen) atoms. The summed E-state index contributed by atoms with van der Waals surface area (Å²) in [6, 6.07) is 0. The lowest BCUT2D eigenvalue weighted by Gasteiger charge is -2.38. The zero-order valence-electron chi connectivity index (χ0n) is 11.5. The van der Waals surface area contributed by atoms with Gasteiger partial charge < -0.3 is 5.32 Å². The first-order valence-corrected chi connectivity index (χ1v) is 8.07. The number of hydrogen-bond acceptors (Lipinski definition) is 1. The molecule has 0 saturated heterocycles. The second-order valence-electron chi connectivity index (χ2n) is 6.32. The lowest BCUT2D eigenvalue weighted by atomic mass is 9.67. The summed E-state index contributed by atoms with van der Waals surface area (Å²) in [5.74, 6) is 3.29. The number of fused-ring (bicyclic) bond motifs is 1. The van der Waals surface area contributed by atoms with E-state index in [-0.39, 0.29) is 11.8 Å². The number of alkyl halides is 1. The van der Waals surface area contributed by atoms with E-state index in [9.17, 15) is 4.79 Å². The third-order valence-electron chi connectivity index (χ3n) is 4.80. The maximum absolute atomic E-state index is 12.1. The Morgan fingerprint density at radius 1 is 1.22 bits per heavy atom. The molecule has 2 fully saturated rings. The lowest BCUT2D eigenvalue weighted by molar-refractivity contribution is -0.127. The van der Waals surface area contributed by atoms with Crippen LogP contribution >= 0.6 is 11.6 Å². The van der Waals surface area contributed by atoms with Crippen LogP contribution in [0, 0.1) is 23.7 Å². The van der Waals surface area contributed by atoms with Crippen LogP contribution in [0.25, 0.3) is 0 Å². The van der Waals surface area contributed by atoms with Gasteiger partial charge in [-0.1, -0.05) is 32.6 Å². The van der Waals surface area contributed by atoms with Gasteiger partial charge in [0.05, 0.1) is 0 Å². The van der Waals surface area contributed by atoms with Gasteiger partial charge in [0.15, 0.2) is 0 Å². The minimum Gasteiger partial charge on any atom is -0.356 e. The zero-order valence-corrected chi connectivity index (χ0v) is 12.2. The monoisotopic (exact) mass is 271 g/mol. The summed E-state index contributed by atoms with van der Waals surface area (Å²) >= 11 is 5.76. The highest BCUT2D eigenvalue weighted by Gasteiger charge is 2.34. The molecule has 1 amide bonds. The Bertz CT molecular complexity index is 282. The number of carbonyl (C=O) groups is 1. The Morgan fingerprint density at radius 3 is 2.67 bits per heavy atom. The van der Waals surface area contributed by atoms with E-state index in [1.165, 1.54) is 32.1 Å². The van der Waals surface area contributed by atoms with Crippen LogP contribution in [-0.2, 0) is 4.79 Å². The van der Waals surface area contributed by atoms with E-state index in [0.29, 0.717) is 11.8 Å². The highest BCUT2D eigenvalue weighted by atomic mass is 35.5. The van der Waals surface area contributed by atoms with E-state index in [4.69, 9.17) is 11.6 Å². The molecule has 0 aromatic heterocycles. The van der Waals surface area contributed by atoms with Gasteiger partial charge in [0.1, 0.15) is 0 Å². The molecule has 104 valence electrons. The minimum absolute atomic E-state index is 0.270. The van der Waals surface area contributed by atoms with E-state index < -0.39 is 0 Å². The summed E-state index contributed by atoms with van der Waals surface area (Å²) in [6.07, 6.45) is 9.04. The minimum atomic E-state index is 0.270. The van der Waals surface area contributed by atoms with Gasteiger partial charge in [-0.3, -0.25) is 4.79 Å². The molecule has 2 nitrogen and oxygen atoms in total. The maximum Gasteiger partial charge on any atom is 0.223 e. The molecule has 3 heteroatoms. The van der Waals surface area contributed by atoms with Crippen LogP contribution < -0.4 is 5.32 Å². The molecule has 0 spiro atoms. The maximum atomic E-state index is 12.1. The van der Waals surface area contributed by atoms with Crippen molar-refractivity contribution in [2.75, 3.05) is 12.4 Å². The van der Waals surface area contributed by atoms with Crippen molar-refractivity contribution in [1.29, 1.82) is 0 Å². The molecule has 0 radical (unpaired) electrons. The molecular weight excluding hydrogens is 246 g/mol. The van der Waals surface area contributed by atoms with E-state index in [2.05, 4.69) is 12.2 Å². The van der Waals surface area contributed by atoms with E-state index in [0.717, 1.165) is 31.2 Å². The number of amides is 1. The summed E-state index contributed by atoms with van der Waals surface area (Å²) in [5.41, 5.74) is 0. The van der Waals surface area contributed by atoms with Crippen molar-refractivity contribution in [1.82, 2.24) is 5.32 Å². The normalized spacial score (nSPS) is 33.6. The van der Waals surface area contributed by atoms with E-state index >= 15 is 0 Å². The molecule has 2 saturated carbocycles. The molecule has 4 unspecified atom stereocenters. The Morgan fingerprint density at radius 2 is 1.94 bits per heavy atom. The van der Waals surface area contributed by atoms with Crippen molar-refractivity contribution >= 4 is 17.5 Å². The van der Waals surface area contributed by atoms with Crippen LogP contribution in [0.15, 0.2) is 0 Å². The summed E-state index contributed by atoms with van der Waals surface area (Å²) in [4.78, 5) is 12.1. The molecule has 0 aliphatic heterocycles. The highest BCUT2D eigenvalue weighted by molar-refractivity contribution is 6.18. The average molecular weight is 272 g/mol. The third kappa shape index (κ3) is 3.63. The van der Waals surface area contributed by atoms with Gasteiger partial charge in [0, 0.05) is 18.3 Å². The molecule has 0 aromatic carbocycles. The Balaban J connectivity index is 1.77. The van der Waals surface area contributed by atoms with Gasteiger partial charge in [-0.15, -0.1) is 11.6 Å². The smallest absolute Gasteiger partial charge is 0.223 e. The summed E-state index contributed by atoms with van der Waals surface area (Å²) in [7, 11) is 0. The molecule has 4 atom stereocenters. The van der Waals surface area contributed by atoms with Crippen molar-refractivity contribution < 1.29 is 4.79 Å². The van der Waals surface area contributed by atoms with Crippen molar-refractivity contribution in [3.63, 3.8) is 0 Å². The van der Waals surface area contributed by atoms with Crippen LogP contribution in [0.2, 0.25) is 0 Å². The molecule has 1 N–H and O–H groups in total. The Hall–Kier alpha value is -0.240. The largest absolute Gasteiger partial charge is 0.356 e. The molecule has 0 heterocycles. The predicted octanol–water partition coefficient (Wildman–Crippen LogP) is 3.58. The molecule has 0 bridgehead atoms. The quantitative estimate of drug-likeness (QED) is 0.778. The number of carbonyl (C=O) groups excluding carboxylic acids is 1. The molecule has 2 rings (SSSR count). The number of halogens is 1. The van der Waals surface area contributed by atoms with Crippen molar-refractivity contribution in [2.24, 2.45) is 23.7 Å². The van der Waals surface area contributed by atoms with Crippen molar-refractivity contribution in [3.8, 4) is 0 Å². The van der Waals surface area contributed by atoms with E-state index in [1.54, 1.807) is 0 Å². The molecule has 2 aliphatic carbocycles. The Kier molecular flexibility index (Phi) is 5.35. The Labute approximate surface area is 116 Å². The standard InChI is InChI=1S/C15H26ClNO/c1-11(9-16)10-17-15(18)14-7-6-12-4-2-3-5-13(12)8-14/h11-14H,2-10H2,1H3,(H,17,18). The van der Waals surface area contributed by atoms with Gasteiger partial charge in [0.2, 0.25) is 5.91 Å². The molecule has 2 aliphatic rings. The van der Waals surface area contributed by atoms with Crippen molar-refractivity contribution in [2.45, 2.75) is 51.9 Å². The second-order valence-corrected chi connectivity index (χ2v) is 6.63. The van der Waals surface area contributed by atoms with Gasteiger partial charge in [0.25, 0.3) is 0 Å². The average Bonchev–Trinajstić information content (AvgIpc) is 2.43.